The number of halogens is 1. The Morgan fingerprint density at radius 3 is 2.56 bits per heavy atom. The van der Waals surface area contributed by atoms with Gasteiger partial charge in [0.25, 0.3) is 0 Å². The predicted octanol–water partition coefficient (Wildman–Crippen LogP) is 5.70. The van der Waals surface area contributed by atoms with Crippen molar-refractivity contribution >= 4 is 33.8 Å². The summed E-state index contributed by atoms with van der Waals surface area (Å²) in [6, 6.07) is 17.7. The summed E-state index contributed by atoms with van der Waals surface area (Å²) >= 11 is 7.48. The fraction of sp³-hybridized carbons (Fsp3) is 0.0526. The Balaban J connectivity index is 1.60. The van der Waals surface area contributed by atoms with Crippen molar-refractivity contribution in [3.8, 4) is 16.9 Å². The molecular weight excluding hydrogens is 352 g/mol. The first kappa shape index (κ1) is 15.9. The number of thiazole rings is 1. The molecule has 0 atom stereocenters. The molecule has 0 fully saturated rings. The second-order valence-corrected chi connectivity index (χ2v) is 6.86. The molecule has 0 unspecified atom stereocenters. The van der Waals surface area contributed by atoms with Gasteiger partial charge in [0.05, 0.1) is 23.3 Å². The summed E-state index contributed by atoms with van der Waals surface area (Å²) in [4.78, 5) is 4.69. The Labute approximate surface area is 154 Å². The lowest BCUT2D eigenvalue weighted by Gasteiger charge is -2.04. The molecule has 0 amide bonds. The quantitative estimate of drug-likeness (QED) is 0.503. The second-order valence-electron chi connectivity index (χ2n) is 5.56. The average molecular weight is 367 g/mol. The molecule has 4 aromatic rings. The lowest BCUT2D eigenvalue weighted by atomic mass is 10.2. The van der Waals surface area contributed by atoms with Gasteiger partial charge < -0.3 is 5.32 Å². The van der Waals surface area contributed by atoms with Crippen LogP contribution in [0.2, 0.25) is 5.02 Å². The summed E-state index contributed by atoms with van der Waals surface area (Å²) in [5, 5.41) is 11.4. The highest BCUT2D eigenvalue weighted by atomic mass is 35.5. The van der Waals surface area contributed by atoms with Gasteiger partial charge in [0.2, 0.25) is 0 Å². The normalized spacial score (nSPS) is 10.8. The van der Waals surface area contributed by atoms with Crippen LogP contribution in [0.3, 0.4) is 0 Å². The molecule has 2 aromatic heterocycles. The van der Waals surface area contributed by atoms with Gasteiger partial charge in [0.1, 0.15) is 0 Å². The van der Waals surface area contributed by atoms with E-state index in [2.05, 4.69) is 22.3 Å². The van der Waals surface area contributed by atoms with Crippen molar-refractivity contribution in [1.82, 2.24) is 14.8 Å². The molecule has 0 aliphatic heterocycles. The molecule has 2 heterocycles. The summed E-state index contributed by atoms with van der Waals surface area (Å²) in [5.41, 5.74) is 5.02. The van der Waals surface area contributed by atoms with E-state index >= 15 is 0 Å². The molecule has 0 spiro atoms. The van der Waals surface area contributed by atoms with Crippen molar-refractivity contribution in [3.05, 3.63) is 76.9 Å². The van der Waals surface area contributed by atoms with Crippen molar-refractivity contribution in [2.45, 2.75) is 6.92 Å². The van der Waals surface area contributed by atoms with Gasteiger partial charge in [-0.15, -0.1) is 11.3 Å². The van der Waals surface area contributed by atoms with E-state index in [1.807, 2.05) is 70.9 Å². The Bertz CT molecular complexity index is 990. The molecule has 0 aliphatic carbocycles. The monoisotopic (exact) mass is 366 g/mol. The maximum absolute atomic E-state index is 5.92. The molecule has 4 rings (SSSR count). The fourth-order valence-corrected chi connectivity index (χ4v) is 3.46. The van der Waals surface area contributed by atoms with E-state index in [-0.39, 0.29) is 0 Å². The first-order chi connectivity index (χ1) is 12.2. The van der Waals surface area contributed by atoms with Gasteiger partial charge in [0, 0.05) is 21.7 Å². The van der Waals surface area contributed by atoms with Crippen LogP contribution in [0.5, 0.6) is 0 Å². The third-order valence-corrected chi connectivity index (χ3v) is 4.90. The molecule has 0 aliphatic rings. The SMILES string of the molecule is Cc1c(-c2csc(Nc3ccc(Cl)cc3)n2)cnn1-c1ccccc1. The van der Waals surface area contributed by atoms with Crippen molar-refractivity contribution in [1.29, 1.82) is 0 Å². The van der Waals surface area contributed by atoms with Crippen LogP contribution in [-0.4, -0.2) is 14.8 Å². The summed E-state index contributed by atoms with van der Waals surface area (Å²) < 4.78 is 1.93. The topological polar surface area (TPSA) is 42.7 Å². The van der Waals surface area contributed by atoms with Crippen molar-refractivity contribution in [3.63, 3.8) is 0 Å². The van der Waals surface area contributed by atoms with E-state index in [1.54, 1.807) is 11.3 Å². The fourth-order valence-electron chi connectivity index (χ4n) is 2.60. The number of nitrogens with one attached hydrogen (secondary N) is 1. The summed E-state index contributed by atoms with van der Waals surface area (Å²) in [7, 11) is 0. The average Bonchev–Trinajstić information content (AvgIpc) is 3.24. The standard InChI is InChI=1S/C19H15ClN4S/c1-13-17(11-21-24(13)16-5-3-2-4-6-16)18-12-25-19(23-18)22-15-9-7-14(20)8-10-15/h2-12H,1H3,(H,22,23). The van der Waals surface area contributed by atoms with Crippen LogP contribution in [-0.2, 0) is 0 Å². The molecule has 0 saturated heterocycles. The van der Waals surface area contributed by atoms with E-state index in [9.17, 15) is 0 Å². The maximum Gasteiger partial charge on any atom is 0.187 e. The third-order valence-electron chi connectivity index (χ3n) is 3.89. The van der Waals surface area contributed by atoms with Crippen LogP contribution >= 0.6 is 22.9 Å². The zero-order valence-corrected chi connectivity index (χ0v) is 15.1. The van der Waals surface area contributed by atoms with Crippen LogP contribution in [0, 0.1) is 6.92 Å². The van der Waals surface area contributed by atoms with Gasteiger partial charge in [-0.2, -0.15) is 5.10 Å². The van der Waals surface area contributed by atoms with Gasteiger partial charge in [-0.25, -0.2) is 9.67 Å². The summed E-state index contributed by atoms with van der Waals surface area (Å²) in [6.45, 7) is 2.06. The number of hydrogen-bond acceptors (Lipinski definition) is 4. The first-order valence-corrected chi connectivity index (χ1v) is 9.05. The van der Waals surface area contributed by atoms with Gasteiger partial charge in [-0.05, 0) is 43.3 Å². The van der Waals surface area contributed by atoms with Gasteiger partial charge in [-0.3, -0.25) is 0 Å². The molecule has 1 N–H and O–H groups in total. The number of nitrogens with zero attached hydrogens (tertiary/aromatic N) is 3. The summed E-state index contributed by atoms with van der Waals surface area (Å²) in [5.74, 6) is 0. The van der Waals surface area contributed by atoms with E-state index < -0.39 is 0 Å². The Morgan fingerprint density at radius 1 is 1.04 bits per heavy atom. The van der Waals surface area contributed by atoms with Gasteiger partial charge in [0.15, 0.2) is 5.13 Å². The van der Waals surface area contributed by atoms with Crippen LogP contribution in [0.1, 0.15) is 5.69 Å². The highest BCUT2D eigenvalue weighted by Gasteiger charge is 2.13. The van der Waals surface area contributed by atoms with E-state index in [4.69, 9.17) is 11.6 Å². The third kappa shape index (κ3) is 3.29. The van der Waals surface area contributed by atoms with Crippen molar-refractivity contribution < 1.29 is 0 Å². The molecule has 2 aromatic carbocycles. The molecule has 124 valence electrons. The second kappa shape index (κ2) is 6.70. The van der Waals surface area contributed by atoms with Crippen LogP contribution in [0.15, 0.2) is 66.2 Å². The smallest absolute Gasteiger partial charge is 0.187 e. The highest BCUT2D eigenvalue weighted by molar-refractivity contribution is 7.14. The Morgan fingerprint density at radius 2 is 1.80 bits per heavy atom. The number of benzene rings is 2. The largest absolute Gasteiger partial charge is 0.332 e. The molecule has 6 heteroatoms. The zero-order valence-electron chi connectivity index (χ0n) is 13.5. The number of aromatic nitrogens is 3. The molecule has 0 saturated carbocycles. The van der Waals surface area contributed by atoms with Gasteiger partial charge >= 0.3 is 0 Å². The minimum atomic E-state index is 0.717. The first-order valence-electron chi connectivity index (χ1n) is 7.79. The van der Waals surface area contributed by atoms with E-state index in [0.717, 1.165) is 33.5 Å². The lowest BCUT2D eigenvalue weighted by molar-refractivity contribution is 0.847. The molecule has 25 heavy (non-hydrogen) atoms. The Kier molecular flexibility index (Phi) is 4.26. The van der Waals surface area contributed by atoms with Crippen molar-refractivity contribution in [2.75, 3.05) is 5.32 Å². The zero-order chi connectivity index (χ0) is 17.2. The van der Waals surface area contributed by atoms with Crippen molar-refractivity contribution in [2.24, 2.45) is 0 Å². The highest BCUT2D eigenvalue weighted by Crippen LogP contribution is 2.30. The molecule has 0 bridgehead atoms. The minimum Gasteiger partial charge on any atom is -0.332 e. The predicted molar refractivity (Wildman–Crippen MR) is 104 cm³/mol. The van der Waals surface area contributed by atoms with Crippen LogP contribution in [0.4, 0.5) is 10.8 Å². The molecule has 4 nitrogen and oxygen atoms in total. The van der Waals surface area contributed by atoms with Gasteiger partial charge in [-0.1, -0.05) is 29.8 Å². The van der Waals surface area contributed by atoms with Crippen LogP contribution in [0.25, 0.3) is 16.9 Å². The van der Waals surface area contributed by atoms with Crippen LogP contribution < -0.4 is 5.32 Å². The molecular formula is C19H15ClN4S. The summed E-state index contributed by atoms with van der Waals surface area (Å²) in [6.07, 6.45) is 1.86. The molecule has 0 radical (unpaired) electrons. The van der Waals surface area contributed by atoms with E-state index in [1.165, 1.54) is 0 Å². The minimum absolute atomic E-state index is 0.717. The Hall–Kier alpha value is -2.63. The number of rotatable bonds is 4. The number of anilines is 2. The number of hydrogen-bond donors (Lipinski definition) is 1. The lowest BCUT2D eigenvalue weighted by Crippen LogP contribution is -1.98. The number of para-hydroxylation sites is 1. The van der Waals surface area contributed by atoms with E-state index in [0.29, 0.717) is 5.02 Å². The maximum atomic E-state index is 5.92.